The van der Waals surface area contributed by atoms with Crippen LogP contribution in [0.4, 0.5) is 32.0 Å². The van der Waals surface area contributed by atoms with Gasteiger partial charge in [0, 0.05) is 17.7 Å². The number of hydrogen-bond acceptors (Lipinski definition) is 8. The standard InChI is InChI=1S/C27H37F6NO8S2/c1-14(2)17-9-8-15(3)12-20(17)40-24(35)23(41-25(5,6)7)21-16(4)13-19-18(22(21)42-44(38,39)27(31,32)33)10-11-34(19)43(36,37)26(28,29)30/h13-15,17,20,23H,8-12H2,1-7H3/t15?,17?,20?,23-/m0/s1. The highest BCUT2D eigenvalue weighted by atomic mass is 32.2. The van der Waals surface area contributed by atoms with E-state index in [-0.39, 0.29) is 27.6 Å². The van der Waals surface area contributed by atoms with E-state index in [0.29, 0.717) is 6.42 Å². The molecule has 0 saturated heterocycles. The second kappa shape index (κ2) is 12.2. The molecule has 1 aliphatic heterocycles. The smallest absolute Gasteiger partial charge is 0.460 e. The van der Waals surface area contributed by atoms with Gasteiger partial charge in [0.2, 0.25) is 0 Å². The first-order chi connectivity index (χ1) is 19.8. The summed E-state index contributed by atoms with van der Waals surface area (Å²) in [5.74, 6) is -1.99. The second-order valence-corrected chi connectivity index (χ2v) is 16.0. The van der Waals surface area contributed by atoms with E-state index in [1.807, 2.05) is 20.8 Å². The number of esters is 1. The first-order valence-corrected chi connectivity index (χ1v) is 16.8. The molecule has 0 spiro atoms. The monoisotopic (exact) mass is 681 g/mol. The summed E-state index contributed by atoms with van der Waals surface area (Å²) < 4.78 is 146. The lowest BCUT2D eigenvalue weighted by atomic mass is 9.75. The molecule has 3 unspecified atom stereocenters. The highest BCUT2D eigenvalue weighted by Crippen LogP contribution is 2.48. The van der Waals surface area contributed by atoms with Crippen molar-refractivity contribution in [1.29, 1.82) is 0 Å². The highest BCUT2D eigenvalue weighted by molar-refractivity contribution is 7.93. The van der Waals surface area contributed by atoms with Crippen LogP contribution < -0.4 is 8.49 Å². The number of aryl methyl sites for hydroxylation is 1. The van der Waals surface area contributed by atoms with Gasteiger partial charge in [-0.1, -0.05) is 27.2 Å². The minimum Gasteiger partial charge on any atom is -0.460 e. The van der Waals surface area contributed by atoms with Gasteiger partial charge in [-0.2, -0.15) is 43.2 Å². The van der Waals surface area contributed by atoms with Crippen LogP contribution >= 0.6 is 0 Å². The number of sulfonamides is 1. The molecule has 0 radical (unpaired) electrons. The third-order valence-corrected chi connectivity index (χ3v) is 10.2. The number of alkyl halides is 6. The van der Waals surface area contributed by atoms with Gasteiger partial charge in [-0.3, -0.25) is 4.31 Å². The molecular formula is C27H37F6NO8S2. The largest absolute Gasteiger partial charge is 0.534 e. The minimum absolute atomic E-state index is 0.0611. The molecule has 0 aromatic heterocycles. The minimum atomic E-state index is -6.45. The molecule has 0 N–H and O–H groups in total. The first kappa shape index (κ1) is 36.2. The molecule has 0 amide bonds. The molecule has 9 nitrogen and oxygen atoms in total. The second-order valence-electron chi connectivity index (χ2n) is 12.6. The molecule has 1 heterocycles. The molecule has 44 heavy (non-hydrogen) atoms. The van der Waals surface area contributed by atoms with Crippen LogP contribution in [0.2, 0.25) is 0 Å². The number of carbonyl (C=O) groups excluding carboxylic acids is 1. The van der Waals surface area contributed by atoms with Gasteiger partial charge in [0.25, 0.3) is 0 Å². The Morgan fingerprint density at radius 1 is 1.00 bits per heavy atom. The maximum absolute atomic E-state index is 13.9. The topological polar surface area (TPSA) is 116 Å². The van der Waals surface area contributed by atoms with Crippen molar-refractivity contribution in [3.8, 4) is 5.75 Å². The Hall–Kier alpha value is -2.27. The van der Waals surface area contributed by atoms with Crippen LogP contribution in [-0.4, -0.2) is 52.1 Å². The van der Waals surface area contributed by atoms with Gasteiger partial charge in [-0.05, 0) is 76.3 Å². The maximum Gasteiger partial charge on any atom is 0.534 e. The van der Waals surface area contributed by atoms with E-state index in [1.54, 1.807) is 0 Å². The fourth-order valence-corrected chi connectivity index (χ4v) is 7.13. The van der Waals surface area contributed by atoms with Crippen LogP contribution in [0.1, 0.15) is 83.6 Å². The summed E-state index contributed by atoms with van der Waals surface area (Å²) in [6.45, 7) is 10.7. The van der Waals surface area contributed by atoms with E-state index in [2.05, 4.69) is 4.18 Å². The Morgan fingerprint density at radius 2 is 1.59 bits per heavy atom. The number of halogens is 6. The predicted molar refractivity (Wildman–Crippen MR) is 148 cm³/mol. The summed E-state index contributed by atoms with van der Waals surface area (Å²) in [6, 6.07) is 0.917. The van der Waals surface area contributed by atoms with E-state index in [1.165, 1.54) is 20.8 Å². The number of nitrogens with zero attached hydrogens (tertiary/aromatic N) is 1. The van der Waals surface area contributed by atoms with Crippen molar-refractivity contribution >= 4 is 31.8 Å². The molecule has 1 aromatic rings. The van der Waals surface area contributed by atoms with Gasteiger partial charge in [-0.15, -0.1) is 0 Å². The number of fused-ring (bicyclic) bond motifs is 1. The Labute approximate surface area is 253 Å². The molecule has 17 heteroatoms. The third kappa shape index (κ3) is 7.40. The third-order valence-electron chi connectivity index (χ3n) is 7.68. The molecule has 1 fully saturated rings. The average molecular weight is 682 g/mol. The van der Waals surface area contributed by atoms with Crippen molar-refractivity contribution in [1.82, 2.24) is 0 Å². The highest BCUT2D eigenvalue weighted by Gasteiger charge is 2.54. The molecular weight excluding hydrogens is 644 g/mol. The maximum atomic E-state index is 13.9. The van der Waals surface area contributed by atoms with Crippen molar-refractivity contribution in [2.75, 3.05) is 10.8 Å². The van der Waals surface area contributed by atoms with Crippen LogP contribution in [0.15, 0.2) is 6.07 Å². The van der Waals surface area contributed by atoms with Crippen molar-refractivity contribution in [3.05, 3.63) is 22.8 Å². The summed E-state index contributed by atoms with van der Waals surface area (Å²) in [5.41, 5.74) is -15.0. The summed E-state index contributed by atoms with van der Waals surface area (Å²) in [6.07, 6.45) is -1.06. The molecule has 3 rings (SSSR count). The molecule has 0 bridgehead atoms. The molecule has 2 aliphatic rings. The lowest BCUT2D eigenvalue weighted by Gasteiger charge is -2.38. The number of carbonyl (C=O) groups is 1. The van der Waals surface area contributed by atoms with Crippen molar-refractivity contribution in [2.24, 2.45) is 17.8 Å². The Balaban J connectivity index is 2.27. The van der Waals surface area contributed by atoms with Crippen LogP contribution in [-0.2, 0) is 40.8 Å². The van der Waals surface area contributed by atoms with Crippen LogP contribution in [0.25, 0.3) is 0 Å². The van der Waals surface area contributed by atoms with Crippen LogP contribution in [0, 0.1) is 24.7 Å². The summed E-state index contributed by atoms with van der Waals surface area (Å²) in [5, 5.41) is 0. The number of benzene rings is 1. The first-order valence-electron chi connectivity index (χ1n) is 13.9. The predicted octanol–water partition coefficient (Wildman–Crippen LogP) is 6.30. The Kier molecular flexibility index (Phi) is 10.00. The van der Waals surface area contributed by atoms with Gasteiger partial charge < -0.3 is 13.7 Å². The van der Waals surface area contributed by atoms with Gasteiger partial charge in [0.05, 0.1) is 11.3 Å². The van der Waals surface area contributed by atoms with E-state index in [0.717, 1.165) is 25.8 Å². The number of anilines is 1. The molecule has 252 valence electrons. The van der Waals surface area contributed by atoms with Crippen LogP contribution in [0.3, 0.4) is 0 Å². The van der Waals surface area contributed by atoms with Gasteiger partial charge in [0.1, 0.15) is 6.10 Å². The fourth-order valence-electron chi connectivity index (χ4n) is 5.62. The summed E-state index contributed by atoms with van der Waals surface area (Å²) >= 11 is 0. The van der Waals surface area contributed by atoms with Gasteiger partial charge in [-0.25, -0.2) is 4.79 Å². The molecule has 1 aromatic carbocycles. The molecule has 1 saturated carbocycles. The fraction of sp³-hybridized carbons (Fsp3) is 0.741. The lowest BCUT2D eigenvalue weighted by Crippen LogP contribution is -2.40. The van der Waals surface area contributed by atoms with E-state index in [4.69, 9.17) is 9.47 Å². The van der Waals surface area contributed by atoms with E-state index >= 15 is 0 Å². The SMILES string of the molecule is Cc1cc2c(c(OS(=O)(=O)C(F)(F)F)c1[C@H](OC(C)(C)C)C(=O)OC1CC(C)CCC1C(C)C)CCN2S(=O)(=O)C(F)(F)F. The zero-order valence-corrected chi connectivity index (χ0v) is 26.9. The van der Waals surface area contributed by atoms with E-state index < -0.39 is 90.5 Å². The Morgan fingerprint density at radius 3 is 2.09 bits per heavy atom. The molecule has 4 atom stereocenters. The summed E-state index contributed by atoms with van der Waals surface area (Å²) in [4.78, 5) is 13.9. The van der Waals surface area contributed by atoms with Crippen molar-refractivity contribution in [3.63, 3.8) is 0 Å². The van der Waals surface area contributed by atoms with Crippen molar-refractivity contribution in [2.45, 2.75) is 103 Å². The van der Waals surface area contributed by atoms with Gasteiger partial charge >= 0.3 is 37.1 Å². The zero-order chi connectivity index (χ0) is 33.8. The Bertz CT molecular complexity index is 1470. The molecule has 1 aliphatic carbocycles. The van der Waals surface area contributed by atoms with Crippen LogP contribution in [0.5, 0.6) is 5.75 Å². The number of rotatable bonds is 8. The average Bonchev–Trinajstić information content (AvgIpc) is 3.25. The lowest BCUT2D eigenvalue weighted by molar-refractivity contribution is -0.179. The number of hydrogen-bond donors (Lipinski definition) is 0. The van der Waals surface area contributed by atoms with Gasteiger partial charge in [0.15, 0.2) is 11.9 Å². The summed E-state index contributed by atoms with van der Waals surface area (Å²) in [7, 11) is -12.5. The van der Waals surface area contributed by atoms with E-state index in [9.17, 15) is 48.0 Å². The number of ether oxygens (including phenoxy) is 2. The quantitative estimate of drug-likeness (QED) is 0.136. The zero-order valence-electron chi connectivity index (χ0n) is 25.3. The van der Waals surface area contributed by atoms with Crippen molar-refractivity contribution < 1.29 is 61.6 Å². The normalized spacial score (nSPS) is 22.6.